The van der Waals surface area contributed by atoms with E-state index in [1.807, 2.05) is 11.8 Å². The van der Waals surface area contributed by atoms with E-state index in [4.69, 9.17) is 9.57 Å². The molecule has 6 nitrogen and oxygen atoms in total. The number of ether oxygens (including phenoxy) is 1. The van der Waals surface area contributed by atoms with Crippen molar-refractivity contribution in [1.29, 1.82) is 0 Å². The lowest BCUT2D eigenvalue weighted by Gasteiger charge is -2.37. The van der Waals surface area contributed by atoms with Gasteiger partial charge >= 0.3 is 6.09 Å². The predicted octanol–water partition coefficient (Wildman–Crippen LogP) is 4.15. The summed E-state index contributed by atoms with van der Waals surface area (Å²) in [7, 11) is 1.66. The van der Waals surface area contributed by atoms with Crippen LogP contribution in [0.2, 0.25) is 0 Å². The van der Waals surface area contributed by atoms with Crippen LogP contribution in [0.4, 0.5) is 4.79 Å². The number of rotatable bonds is 7. The Labute approximate surface area is 165 Å². The van der Waals surface area contributed by atoms with E-state index >= 15 is 0 Å². The molecule has 156 valence electrons. The Bertz CT molecular complexity index is 473. The summed E-state index contributed by atoms with van der Waals surface area (Å²) in [6.45, 7) is 10.7. The zero-order valence-corrected chi connectivity index (χ0v) is 17.8. The number of hydrogen-bond donors (Lipinski definition) is 0. The normalized spacial score (nSPS) is 23.4. The molecule has 0 aromatic heterocycles. The molecule has 0 bridgehead atoms. The van der Waals surface area contributed by atoms with E-state index in [0.717, 1.165) is 45.4 Å². The summed E-state index contributed by atoms with van der Waals surface area (Å²) in [5.74, 6) is 1.25. The molecule has 2 saturated heterocycles. The van der Waals surface area contributed by atoms with Gasteiger partial charge in [0, 0.05) is 25.0 Å². The molecule has 0 aliphatic carbocycles. The van der Waals surface area contributed by atoms with E-state index in [2.05, 4.69) is 23.9 Å². The highest BCUT2D eigenvalue weighted by molar-refractivity contribution is 5.86. The van der Waals surface area contributed by atoms with E-state index in [1.165, 1.54) is 31.4 Å². The minimum Gasteiger partial charge on any atom is -0.450 e. The van der Waals surface area contributed by atoms with Crippen molar-refractivity contribution in [3.8, 4) is 0 Å². The summed E-state index contributed by atoms with van der Waals surface area (Å²) in [5.41, 5.74) is 1.25. The lowest BCUT2D eigenvalue weighted by Crippen LogP contribution is -2.43. The Morgan fingerprint density at radius 3 is 2.48 bits per heavy atom. The van der Waals surface area contributed by atoms with E-state index < -0.39 is 0 Å². The van der Waals surface area contributed by atoms with Crippen molar-refractivity contribution in [2.75, 3.05) is 39.9 Å². The Morgan fingerprint density at radius 2 is 1.85 bits per heavy atom. The van der Waals surface area contributed by atoms with Crippen molar-refractivity contribution >= 4 is 11.8 Å². The van der Waals surface area contributed by atoms with Crippen LogP contribution in [-0.4, -0.2) is 67.5 Å². The molecule has 2 fully saturated rings. The van der Waals surface area contributed by atoms with Gasteiger partial charge in [0.2, 0.25) is 0 Å². The number of oxime groups is 1. The maximum absolute atomic E-state index is 12.0. The van der Waals surface area contributed by atoms with Gasteiger partial charge in [-0.1, -0.05) is 19.0 Å². The maximum atomic E-state index is 12.0. The minimum absolute atomic E-state index is 0.151. The fourth-order valence-corrected chi connectivity index (χ4v) is 4.32. The molecule has 2 rings (SSSR count). The number of nitrogens with zero attached hydrogens (tertiary/aromatic N) is 3. The Balaban J connectivity index is 1.82. The molecule has 0 spiro atoms. The average Bonchev–Trinajstić information content (AvgIpc) is 2.92. The predicted molar refractivity (Wildman–Crippen MR) is 109 cm³/mol. The van der Waals surface area contributed by atoms with Crippen LogP contribution in [-0.2, 0) is 9.57 Å². The summed E-state index contributed by atoms with van der Waals surface area (Å²) in [6.07, 6.45) is 7.69. The number of carbonyl (C=O) groups excluding carboxylic acids is 1. The second-order valence-corrected chi connectivity index (χ2v) is 8.28. The third-order valence-electron chi connectivity index (χ3n) is 5.93. The second-order valence-electron chi connectivity index (χ2n) is 8.28. The summed E-state index contributed by atoms with van der Waals surface area (Å²) >= 11 is 0. The molecular formula is C21H39N3O3. The summed E-state index contributed by atoms with van der Waals surface area (Å²) in [6, 6.07) is 0.587. The molecule has 1 unspecified atom stereocenters. The van der Waals surface area contributed by atoms with E-state index in [9.17, 15) is 4.79 Å². The number of carbonyl (C=O) groups is 1. The smallest absolute Gasteiger partial charge is 0.409 e. The zero-order valence-electron chi connectivity index (χ0n) is 17.8. The first-order valence-electron chi connectivity index (χ1n) is 10.8. The van der Waals surface area contributed by atoms with Gasteiger partial charge in [-0.05, 0) is 70.9 Å². The molecule has 0 aromatic rings. The monoisotopic (exact) mass is 381 g/mol. The first-order chi connectivity index (χ1) is 13.0. The average molecular weight is 382 g/mol. The van der Waals surface area contributed by atoms with Gasteiger partial charge in [0.1, 0.15) is 7.11 Å². The third kappa shape index (κ3) is 6.98. The summed E-state index contributed by atoms with van der Waals surface area (Å²) in [4.78, 5) is 21.6. The van der Waals surface area contributed by atoms with Crippen LogP contribution >= 0.6 is 0 Å². The topological polar surface area (TPSA) is 54.4 Å². The van der Waals surface area contributed by atoms with Gasteiger partial charge < -0.3 is 19.4 Å². The van der Waals surface area contributed by atoms with Crippen LogP contribution in [0.25, 0.3) is 0 Å². The minimum atomic E-state index is -0.151. The molecule has 1 atom stereocenters. The molecule has 0 aromatic carbocycles. The molecule has 27 heavy (non-hydrogen) atoms. The van der Waals surface area contributed by atoms with Gasteiger partial charge in [-0.2, -0.15) is 0 Å². The Kier molecular flexibility index (Phi) is 9.39. The first-order valence-corrected chi connectivity index (χ1v) is 10.8. The van der Waals surface area contributed by atoms with Crippen LogP contribution in [0.15, 0.2) is 5.16 Å². The highest BCUT2D eigenvalue weighted by Crippen LogP contribution is 2.27. The lowest BCUT2D eigenvalue weighted by molar-refractivity contribution is 0.105. The van der Waals surface area contributed by atoms with E-state index in [-0.39, 0.29) is 6.09 Å². The lowest BCUT2D eigenvalue weighted by atomic mass is 9.87. The van der Waals surface area contributed by atoms with Gasteiger partial charge in [-0.3, -0.25) is 0 Å². The molecule has 6 heteroatoms. The van der Waals surface area contributed by atoms with Crippen LogP contribution in [0.5, 0.6) is 0 Å². The van der Waals surface area contributed by atoms with Crippen molar-refractivity contribution < 1.29 is 14.4 Å². The molecule has 0 N–H and O–H groups in total. The number of likely N-dealkylation sites (tertiary alicyclic amines) is 2. The van der Waals surface area contributed by atoms with Crippen LogP contribution < -0.4 is 0 Å². The number of piperidine rings is 1. The van der Waals surface area contributed by atoms with Gasteiger partial charge in [0.15, 0.2) is 0 Å². The van der Waals surface area contributed by atoms with E-state index in [1.54, 1.807) is 7.11 Å². The fraction of sp³-hybridized carbons (Fsp3) is 0.905. The molecule has 2 aliphatic heterocycles. The van der Waals surface area contributed by atoms with Crippen molar-refractivity contribution in [2.45, 2.75) is 71.8 Å². The highest BCUT2D eigenvalue weighted by atomic mass is 16.6. The standard InChI is InChI=1S/C21H39N3O3/c1-5-27-21(25)24-13-6-7-19(12-16-24)23-14-10-18(11-15-23)20(22-26-4)9-8-17(2)3/h17-19H,5-16H2,1-4H3/b22-20-. The van der Waals surface area contributed by atoms with Gasteiger partial charge in [-0.15, -0.1) is 0 Å². The summed E-state index contributed by atoms with van der Waals surface area (Å²) in [5, 5.41) is 4.36. The van der Waals surface area contributed by atoms with Crippen LogP contribution in [0, 0.1) is 11.8 Å². The van der Waals surface area contributed by atoms with Gasteiger partial charge in [-0.25, -0.2) is 4.79 Å². The fourth-order valence-electron chi connectivity index (χ4n) is 4.32. The zero-order chi connectivity index (χ0) is 19.6. The SMILES string of the molecule is CCOC(=O)N1CCCC(N2CCC(/C(CCC(C)C)=N\OC)CC2)CC1. The van der Waals surface area contributed by atoms with Crippen LogP contribution in [0.1, 0.15) is 65.7 Å². The van der Waals surface area contributed by atoms with Gasteiger partial charge in [0.25, 0.3) is 0 Å². The molecule has 0 radical (unpaired) electrons. The molecular weight excluding hydrogens is 342 g/mol. The third-order valence-corrected chi connectivity index (χ3v) is 5.93. The molecule has 1 amide bonds. The first kappa shape index (κ1) is 22.0. The Hall–Kier alpha value is -1.30. The number of amides is 1. The molecule has 0 saturated carbocycles. The highest BCUT2D eigenvalue weighted by Gasteiger charge is 2.30. The van der Waals surface area contributed by atoms with E-state index in [0.29, 0.717) is 24.5 Å². The summed E-state index contributed by atoms with van der Waals surface area (Å²) < 4.78 is 5.17. The van der Waals surface area contributed by atoms with Gasteiger partial charge in [0.05, 0.1) is 12.3 Å². The van der Waals surface area contributed by atoms with Crippen molar-refractivity contribution in [1.82, 2.24) is 9.80 Å². The Morgan fingerprint density at radius 1 is 1.11 bits per heavy atom. The largest absolute Gasteiger partial charge is 0.450 e. The van der Waals surface area contributed by atoms with Crippen molar-refractivity contribution in [3.63, 3.8) is 0 Å². The maximum Gasteiger partial charge on any atom is 0.409 e. The second kappa shape index (κ2) is 11.5. The quantitative estimate of drug-likeness (QED) is 0.491. The molecule has 2 aliphatic rings. The van der Waals surface area contributed by atoms with Crippen molar-refractivity contribution in [3.05, 3.63) is 0 Å². The molecule has 2 heterocycles. The number of hydrogen-bond acceptors (Lipinski definition) is 5. The van der Waals surface area contributed by atoms with Crippen LogP contribution in [0.3, 0.4) is 0 Å². The van der Waals surface area contributed by atoms with Crippen molar-refractivity contribution in [2.24, 2.45) is 17.0 Å².